The Morgan fingerprint density at radius 1 is 1.33 bits per heavy atom. The highest BCUT2D eigenvalue weighted by Crippen LogP contribution is 2.52. The molecule has 2 rings (SSSR count). The first-order valence-electron chi connectivity index (χ1n) is 5.80. The molecule has 1 aliphatic rings. The Hall–Kier alpha value is -1.54. The summed E-state index contributed by atoms with van der Waals surface area (Å²) in [4.78, 5) is 0. The van der Waals surface area contributed by atoms with E-state index in [1.807, 2.05) is 12.1 Å². The molecule has 0 unspecified atom stereocenters. The topological polar surface area (TPSA) is 67.2 Å². The molecule has 1 aliphatic carbocycles. The second-order valence-corrected chi connectivity index (χ2v) is 6.82. The van der Waals surface area contributed by atoms with Crippen LogP contribution in [0, 0.1) is 17.2 Å². The van der Waals surface area contributed by atoms with Gasteiger partial charge in [-0.1, -0.05) is 19.1 Å². The second-order valence-electron chi connectivity index (χ2n) is 4.37. The molecule has 0 amide bonds. The lowest BCUT2D eigenvalue weighted by molar-refractivity contribution is 0.414. The molecule has 1 fully saturated rings. The van der Waals surface area contributed by atoms with Gasteiger partial charge in [0.15, 0.2) is 9.84 Å². The molecule has 0 radical (unpaired) electrons. The molecule has 3 atom stereocenters. The van der Waals surface area contributed by atoms with Gasteiger partial charge >= 0.3 is 0 Å². The van der Waals surface area contributed by atoms with Crippen LogP contribution in [0.5, 0.6) is 5.75 Å². The zero-order chi connectivity index (χ0) is 13.3. The van der Waals surface area contributed by atoms with Gasteiger partial charge in [-0.3, -0.25) is 0 Å². The SMILES string of the molecule is CCS(=O)(=O)[C@@H]1[C@H](C#N)[C@@H]1c1ccc(OC)cc1. The van der Waals surface area contributed by atoms with Crippen molar-refractivity contribution < 1.29 is 13.2 Å². The summed E-state index contributed by atoms with van der Waals surface area (Å²) in [5.41, 5.74) is 0.893. The summed E-state index contributed by atoms with van der Waals surface area (Å²) in [7, 11) is -1.58. The number of rotatable bonds is 4. The van der Waals surface area contributed by atoms with Gasteiger partial charge in [0, 0.05) is 11.7 Å². The molecule has 0 aromatic heterocycles. The van der Waals surface area contributed by atoms with Crippen LogP contribution in [0.4, 0.5) is 0 Å². The average Bonchev–Trinajstić information content (AvgIpc) is 3.14. The number of nitrogens with zero attached hydrogens (tertiary/aromatic N) is 1. The van der Waals surface area contributed by atoms with Gasteiger partial charge in [0.05, 0.1) is 24.3 Å². The van der Waals surface area contributed by atoms with E-state index in [0.717, 1.165) is 11.3 Å². The lowest BCUT2D eigenvalue weighted by atomic mass is 10.1. The van der Waals surface area contributed by atoms with Crippen molar-refractivity contribution in [3.05, 3.63) is 29.8 Å². The van der Waals surface area contributed by atoms with Crippen LogP contribution in [-0.4, -0.2) is 26.5 Å². The third-order valence-electron chi connectivity index (χ3n) is 3.42. The van der Waals surface area contributed by atoms with Crippen molar-refractivity contribution >= 4 is 9.84 Å². The van der Waals surface area contributed by atoms with Crippen molar-refractivity contribution in [2.75, 3.05) is 12.9 Å². The molecule has 1 aromatic rings. The Kier molecular flexibility index (Phi) is 3.31. The Morgan fingerprint density at radius 2 is 1.94 bits per heavy atom. The first kappa shape index (κ1) is 12.9. The van der Waals surface area contributed by atoms with Gasteiger partial charge in [0.1, 0.15) is 5.75 Å². The number of nitriles is 1. The number of hydrogen-bond acceptors (Lipinski definition) is 4. The third-order valence-corrected chi connectivity index (χ3v) is 5.64. The van der Waals surface area contributed by atoms with E-state index in [2.05, 4.69) is 6.07 Å². The van der Waals surface area contributed by atoms with Crippen LogP contribution in [0.25, 0.3) is 0 Å². The fourth-order valence-corrected chi connectivity index (χ4v) is 4.04. The maximum Gasteiger partial charge on any atom is 0.154 e. The van der Waals surface area contributed by atoms with Crippen LogP contribution >= 0.6 is 0 Å². The van der Waals surface area contributed by atoms with Crippen LogP contribution in [0.3, 0.4) is 0 Å². The second kappa shape index (κ2) is 4.62. The molecule has 0 spiro atoms. The normalized spacial score (nSPS) is 26.4. The summed E-state index contributed by atoms with van der Waals surface area (Å²) >= 11 is 0. The highest BCUT2D eigenvalue weighted by Gasteiger charge is 2.58. The minimum absolute atomic E-state index is 0.0858. The van der Waals surface area contributed by atoms with E-state index in [-0.39, 0.29) is 11.7 Å². The summed E-state index contributed by atoms with van der Waals surface area (Å²) in [6, 6.07) is 9.34. The van der Waals surface area contributed by atoms with Gasteiger partial charge < -0.3 is 4.74 Å². The van der Waals surface area contributed by atoms with Crippen molar-refractivity contribution in [3.8, 4) is 11.8 Å². The van der Waals surface area contributed by atoms with Crippen LogP contribution in [0.2, 0.25) is 0 Å². The Morgan fingerprint density at radius 3 is 2.39 bits per heavy atom. The summed E-state index contributed by atoms with van der Waals surface area (Å²) in [6.45, 7) is 1.62. The summed E-state index contributed by atoms with van der Waals surface area (Å²) in [5, 5.41) is 8.49. The zero-order valence-corrected chi connectivity index (χ0v) is 11.1. The number of methoxy groups -OCH3 is 1. The molecule has 1 aromatic carbocycles. The monoisotopic (exact) mass is 265 g/mol. The minimum atomic E-state index is -3.15. The molecule has 4 nitrogen and oxygen atoms in total. The third kappa shape index (κ3) is 2.08. The molecule has 0 aliphatic heterocycles. The van der Waals surface area contributed by atoms with Crippen molar-refractivity contribution in [3.63, 3.8) is 0 Å². The Labute approximate surface area is 107 Å². The van der Waals surface area contributed by atoms with Crippen molar-refractivity contribution in [1.82, 2.24) is 0 Å². The summed E-state index contributed by atoms with van der Waals surface area (Å²) in [6.07, 6.45) is 0. The number of benzene rings is 1. The first-order valence-corrected chi connectivity index (χ1v) is 7.51. The molecule has 0 N–H and O–H groups in total. The largest absolute Gasteiger partial charge is 0.497 e. The molecular formula is C13H15NO3S. The van der Waals surface area contributed by atoms with Crippen LogP contribution in [0.1, 0.15) is 18.4 Å². The molecule has 0 saturated heterocycles. The fraction of sp³-hybridized carbons (Fsp3) is 0.462. The van der Waals surface area contributed by atoms with Gasteiger partial charge in [-0.25, -0.2) is 8.42 Å². The average molecular weight is 265 g/mol. The number of sulfone groups is 1. The van der Waals surface area contributed by atoms with E-state index in [0.29, 0.717) is 0 Å². The maximum atomic E-state index is 11.9. The predicted molar refractivity (Wildman–Crippen MR) is 68.1 cm³/mol. The lowest BCUT2D eigenvalue weighted by Crippen LogP contribution is -2.12. The van der Waals surface area contributed by atoms with Gasteiger partial charge in [0.2, 0.25) is 0 Å². The standard InChI is InChI=1S/C13H15NO3S/c1-3-18(15,16)13-11(8-14)12(13)9-4-6-10(17-2)7-5-9/h4-7,11-13H,3H2,1-2H3/t11-,12+,13-/m1/s1. The van der Waals surface area contributed by atoms with Crippen molar-refractivity contribution in [2.24, 2.45) is 5.92 Å². The van der Waals surface area contributed by atoms with E-state index in [9.17, 15) is 8.42 Å². The highest BCUT2D eigenvalue weighted by atomic mass is 32.2. The quantitative estimate of drug-likeness (QED) is 0.831. The summed E-state index contributed by atoms with van der Waals surface area (Å²) in [5.74, 6) is 0.208. The zero-order valence-electron chi connectivity index (χ0n) is 10.3. The number of hydrogen-bond donors (Lipinski definition) is 0. The van der Waals surface area contributed by atoms with Crippen molar-refractivity contribution in [1.29, 1.82) is 5.26 Å². The van der Waals surface area contributed by atoms with E-state index >= 15 is 0 Å². The molecular weight excluding hydrogens is 250 g/mol. The highest BCUT2D eigenvalue weighted by molar-refractivity contribution is 7.92. The molecule has 5 heteroatoms. The van der Waals surface area contributed by atoms with E-state index in [1.165, 1.54) is 0 Å². The Balaban J connectivity index is 2.27. The van der Waals surface area contributed by atoms with Gasteiger partial charge in [-0.2, -0.15) is 5.26 Å². The van der Waals surface area contributed by atoms with Crippen LogP contribution in [0.15, 0.2) is 24.3 Å². The van der Waals surface area contributed by atoms with Gasteiger partial charge in [0.25, 0.3) is 0 Å². The van der Waals surface area contributed by atoms with E-state index < -0.39 is 21.0 Å². The molecule has 0 heterocycles. The van der Waals surface area contributed by atoms with E-state index in [1.54, 1.807) is 26.2 Å². The predicted octanol–water partition coefficient (Wildman–Crippen LogP) is 1.74. The van der Waals surface area contributed by atoms with Crippen LogP contribution < -0.4 is 4.74 Å². The summed E-state index contributed by atoms with van der Waals surface area (Å²) < 4.78 is 28.8. The molecule has 96 valence electrons. The molecule has 1 saturated carbocycles. The van der Waals surface area contributed by atoms with E-state index in [4.69, 9.17) is 10.00 Å². The van der Waals surface area contributed by atoms with Gasteiger partial charge in [-0.05, 0) is 17.7 Å². The Bertz CT molecular complexity index is 571. The smallest absolute Gasteiger partial charge is 0.154 e. The molecule has 18 heavy (non-hydrogen) atoms. The lowest BCUT2D eigenvalue weighted by Gasteiger charge is -2.02. The first-order chi connectivity index (χ1) is 8.55. The minimum Gasteiger partial charge on any atom is -0.497 e. The molecule has 0 bridgehead atoms. The van der Waals surface area contributed by atoms with Crippen molar-refractivity contribution in [2.45, 2.75) is 18.1 Å². The van der Waals surface area contributed by atoms with Crippen LogP contribution in [-0.2, 0) is 9.84 Å². The fourth-order valence-electron chi connectivity index (χ4n) is 2.30. The van der Waals surface area contributed by atoms with Gasteiger partial charge in [-0.15, -0.1) is 0 Å². The number of ether oxygens (including phenoxy) is 1. The maximum absolute atomic E-state index is 11.9.